The normalized spacial score (nSPS) is 11.1. The Hall–Kier alpha value is -1.29. The van der Waals surface area contributed by atoms with Crippen LogP contribution in [0.2, 0.25) is 5.15 Å². The average molecular weight is 257 g/mol. The van der Waals surface area contributed by atoms with Gasteiger partial charge in [-0.15, -0.1) is 0 Å². The van der Waals surface area contributed by atoms with E-state index in [1.54, 1.807) is 6.20 Å². The second kappa shape index (κ2) is 5.36. The van der Waals surface area contributed by atoms with Gasteiger partial charge in [-0.2, -0.15) is 0 Å². The number of halogens is 1. The number of pyridine rings is 1. The Balaban J connectivity index is 2.56. The van der Waals surface area contributed by atoms with Gasteiger partial charge >= 0.3 is 6.09 Å². The summed E-state index contributed by atoms with van der Waals surface area (Å²) in [6.07, 6.45) is 1.22. The molecule has 0 saturated heterocycles. The van der Waals surface area contributed by atoms with Crippen LogP contribution in [-0.2, 0) is 11.3 Å². The van der Waals surface area contributed by atoms with Crippen molar-refractivity contribution in [1.29, 1.82) is 0 Å². The van der Waals surface area contributed by atoms with Gasteiger partial charge in [0.25, 0.3) is 0 Å². The molecular formula is C12H17ClN2O2. The highest BCUT2D eigenvalue weighted by atomic mass is 35.5. The Morgan fingerprint density at radius 1 is 1.53 bits per heavy atom. The predicted molar refractivity (Wildman–Crippen MR) is 67.1 cm³/mol. The second-order valence-electron chi connectivity index (χ2n) is 4.82. The van der Waals surface area contributed by atoms with Crippen LogP contribution >= 0.6 is 11.6 Å². The van der Waals surface area contributed by atoms with Crippen LogP contribution in [0.3, 0.4) is 0 Å². The van der Waals surface area contributed by atoms with Crippen molar-refractivity contribution in [1.82, 2.24) is 10.3 Å². The largest absolute Gasteiger partial charge is 0.444 e. The first-order valence-electron chi connectivity index (χ1n) is 5.36. The summed E-state index contributed by atoms with van der Waals surface area (Å²) < 4.78 is 5.12. The molecule has 0 saturated carbocycles. The smallest absolute Gasteiger partial charge is 0.407 e. The van der Waals surface area contributed by atoms with Gasteiger partial charge in [-0.25, -0.2) is 9.78 Å². The zero-order valence-electron chi connectivity index (χ0n) is 10.5. The van der Waals surface area contributed by atoms with Gasteiger partial charge in [0.1, 0.15) is 10.8 Å². The van der Waals surface area contributed by atoms with Gasteiger partial charge in [0.15, 0.2) is 0 Å². The van der Waals surface area contributed by atoms with Crippen molar-refractivity contribution in [3.63, 3.8) is 0 Å². The molecular weight excluding hydrogens is 240 g/mol. The second-order valence-corrected chi connectivity index (χ2v) is 5.18. The van der Waals surface area contributed by atoms with Crippen LogP contribution in [-0.4, -0.2) is 16.7 Å². The molecule has 0 unspecified atom stereocenters. The van der Waals surface area contributed by atoms with E-state index in [2.05, 4.69) is 10.3 Å². The highest BCUT2D eigenvalue weighted by molar-refractivity contribution is 6.30. The lowest BCUT2D eigenvalue weighted by Crippen LogP contribution is -2.32. The van der Waals surface area contributed by atoms with Gasteiger partial charge in [-0.3, -0.25) is 0 Å². The predicted octanol–water partition coefficient (Wildman–Crippen LogP) is 3.07. The molecule has 1 N–H and O–H groups in total. The van der Waals surface area contributed by atoms with Gasteiger partial charge in [0.2, 0.25) is 0 Å². The number of nitrogens with one attached hydrogen (secondary N) is 1. The van der Waals surface area contributed by atoms with Crippen molar-refractivity contribution in [3.05, 3.63) is 28.5 Å². The number of rotatable bonds is 2. The number of ether oxygens (including phenoxy) is 1. The zero-order chi connectivity index (χ0) is 13.1. The summed E-state index contributed by atoms with van der Waals surface area (Å²) >= 11 is 5.91. The highest BCUT2D eigenvalue weighted by Crippen LogP contribution is 2.14. The van der Waals surface area contributed by atoms with Crippen LogP contribution in [0.25, 0.3) is 0 Å². The molecule has 0 bridgehead atoms. The van der Waals surface area contributed by atoms with Gasteiger partial charge in [-0.05, 0) is 39.3 Å². The molecule has 5 heteroatoms. The fourth-order valence-corrected chi connectivity index (χ4v) is 1.39. The summed E-state index contributed by atoms with van der Waals surface area (Å²) in [6, 6.07) is 1.88. The summed E-state index contributed by atoms with van der Waals surface area (Å²) in [5, 5.41) is 3.03. The van der Waals surface area contributed by atoms with Crippen LogP contribution in [0, 0.1) is 6.92 Å². The maximum absolute atomic E-state index is 11.4. The third-order valence-electron chi connectivity index (χ3n) is 1.87. The maximum atomic E-state index is 11.4. The van der Waals surface area contributed by atoms with E-state index in [0.717, 1.165) is 11.1 Å². The van der Waals surface area contributed by atoms with Gasteiger partial charge in [-0.1, -0.05) is 11.6 Å². The number of amides is 1. The molecule has 0 aliphatic rings. The monoisotopic (exact) mass is 256 g/mol. The molecule has 0 spiro atoms. The minimum Gasteiger partial charge on any atom is -0.444 e. The molecule has 0 aromatic carbocycles. The van der Waals surface area contributed by atoms with Crippen molar-refractivity contribution in [3.8, 4) is 0 Å². The molecule has 1 aromatic rings. The third-order valence-corrected chi connectivity index (χ3v) is 2.21. The highest BCUT2D eigenvalue weighted by Gasteiger charge is 2.16. The van der Waals surface area contributed by atoms with Crippen molar-refractivity contribution in [2.45, 2.75) is 39.8 Å². The molecule has 1 aromatic heterocycles. The molecule has 0 fully saturated rings. The molecule has 0 aliphatic carbocycles. The van der Waals surface area contributed by atoms with E-state index in [1.165, 1.54) is 0 Å². The first-order chi connectivity index (χ1) is 7.78. The Bertz CT molecular complexity index is 413. The number of hydrogen-bond donors (Lipinski definition) is 1. The Labute approximate surface area is 106 Å². The molecule has 0 atom stereocenters. The van der Waals surface area contributed by atoms with Crippen molar-refractivity contribution in [2.24, 2.45) is 0 Å². The fraction of sp³-hybridized carbons (Fsp3) is 0.500. The number of aromatic nitrogens is 1. The van der Waals surface area contributed by atoms with E-state index in [9.17, 15) is 4.79 Å². The van der Waals surface area contributed by atoms with Crippen molar-refractivity contribution < 1.29 is 9.53 Å². The van der Waals surface area contributed by atoms with E-state index in [1.807, 2.05) is 33.8 Å². The number of aryl methyl sites for hydroxylation is 1. The van der Waals surface area contributed by atoms with E-state index < -0.39 is 11.7 Å². The Morgan fingerprint density at radius 3 is 2.76 bits per heavy atom. The minimum absolute atomic E-state index is 0.308. The van der Waals surface area contributed by atoms with E-state index in [4.69, 9.17) is 16.3 Å². The number of nitrogens with zero attached hydrogens (tertiary/aromatic N) is 1. The van der Waals surface area contributed by atoms with Crippen LogP contribution in [0.15, 0.2) is 12.3 Å². The SMILES string of the molecule is Cc1cnc(Cl)c(CNC(=O)OC(C)(C)C)c1. The summed E-state index contributed by atoms with van der Waals surface area (Å²) in [7, 11) is 0. The molecule has 1 amide bonds. The summed E-state index contributed by atoms with van der Waals surface area (Å²) in [4.78, 5) is 15.4. The lowest BCUT2D eigenvalue weighted by atomic mass is 10.2. The van der Waals surface area contributed by atoms with E-state index >= 15 is 0 Å². The third kappa shape index (κ3) is 5.04. The standard InChI is InChI=1S/C12H17ClN2O2/c1-8-5-9(10(13)14-6-8)7-15-11(16)17-12(2,3)4/h5-6H,7H2,1-4H3,(H,15,16). The summed E-state index contributed by atoms with van der Waals surface area (Å²) in [6.45, 7) is 7.66. The first kappa shape index (κ1) is 13.8. The number of carbonyl (C=O) groups excluding carboxylic acids is 1. The Kier molecular flexibility index (Phi) is 4.34. The summed E-state index contributed by atoms with van der Waals surface area (Å²) in [5.41, 5.74) is 1.27. The number of alkyl carbamates (subject to hydrolysis) is 1. The molecule has 17 heavy (non-hydrogen) atoms. The van der Waals surface area contributed by atoms with Crippen LogP contribution in [0.4, 0.5) is 4.79 Å². The Morgan fingerprint density at radius 2 is 2.18 bits per heavy atom. The molecule has 94 valence electrons. The topological polar surface area (TPSA) is 51.2 Å². The van der Waals surface area contributed by atoms with E-state index in [0.29, 0.717) is 11.7 Å². The van der Waals surface area contributed by atoms with Gasteiger partial charge in [0, 0.05) is 18.3 Å². The van der Waals surface area contributed by atoms with E-state index in [-0.39, 0.29) is 0 Å². The lowest BCUT2D eigenvalue weighted by molar-refractivity contribution is 0.0523. The average Bonchev–Trinajstić information content (AvgIpc) is 2.17. The fourth-order valence-electron chi connectivity index (χ4n) is 1.22. The van der Waals surface area contributed by atoms with Gasteiger partial charge < -0.3 is 10.1 Å². The van der Waals surface area contributed by atoms with Crippen molar-refractivity contribution >= 4 is 17.7 Å². The van der Waals surface area contributed by atoms with Crippen molar-refractivity contribution in [2.75, 3.05) is 0 Å². The summed E-state index contributed by atoms with van der Waals surface area (Å²) in [5.74, 6) is 0. The molecule has 1 heterocycles. The van der Waals surface area contributed by atoms with Crippen LogP contribution in [0.1, 0.15) is 31.9 Å². The van der Waals surface area contributed by atoms with Gasteiger partial charge in [0.05, 0.1) is 0 Å². The van der Waals surface area contributed by atoms with Crippen LogP contribution in [0.5, 0.6) is 0 Å². The van der Waals surface area contributed by atoms with Crippen LogP contribution < -0.4 is 5.32 Å². The number of carbonyl (C=O) groups is 1. The molecule has 0 radical (unpaired) electrons. The lowest BCUT2D eigenvalue weighted by Gasteiger charge is -2.19. The quantitative estimate of drug-likeness (QED) is 0.828. The first-order valence-corrected chi connectivity index (χ1v) is 5.73. The number of hydrogen-bond acceptors (Lipinski definition) is 3. The molecule has 0 aliphatic heterocycles. The maximum Gasteiger partial charge on any atom is 0.407 e. The minimum atomic E-state index is -0.501. The molecule has 1 rings (SSSR count). The zero-order valence-corrected chi connectivity index (χ0v) is 11.3. The molecule has 4 nitrogen and oxygen atoms in total.